The standard InChI is InChI=1S/C20H19NO.C13H16.C4H10.C3H8/c1-13(2)12-14-6-3-7-15-16-8-4-9-17(18-10-5-11-21-18)20(16)22-19(14)15;1-11(2)9-10-12(3)13-7-5-4-6-8-13;1-3-4-2;1-3-2/h3-11,13,18H,12H2,1-2H3;4-10H,1-3H3;3-4H2,1-2H3;3H2,1-2H3/b;12-10+;;. The highest BCUT2D eigenvalue weighted by Gasteiger charge is 2.18. The lowest BCUT2D eigenvalue weighted by atomic mass is 9.99. The molecule has 0 fully saturated rings. The van der Waals surface area contributed by atoms with E-state index in [1.165, 1.54) is 52.3 Å². The average Bonchev–Trinajstić information content (AvgIpc) is 3.66. The normalized spacial score (nSPS) is 13.7. The van der Waals surface area contributed by atoms with Crippen LogP contribution in [-0.2, 0) is 6.42 Å². The highest BCUT2D eigenvalue weighted by Crippen LogP contribution is 2.37. The Hall–Kier alpha value is -3.65. The summed E-state index contributed by atoms with van der Waals surface area (Å²) < 4.78 is 6.32. The van der Waals surface area contributed by atoms with Crippen LogP contribution in [0.3, 0.4) is 0 Å². The first-order chi connectivity index (χ1) is 20.3. The largest absolute Gasteiger partial charge is 0.455 e. The minimum Gasteiger partial charge on any atom is -0.455 e. The molecule has 1 unspecified atom stereocenters. The van der Waals surface area contributed by atoms with E-state index in [4.69, 9.17) is 4.42 Å². The Balaban J connectivity index is 0.000000262. The van der Waals surface area contributed by atoms with Gasteiger partial charge in [0.2, 0.25) is 0 Å². The van der Waals surface area contributed by atoms with Gasteiger partial charge in [-0.3, -0.25) is 4.99 Å². The second-order valence-electron chi connectivity index (χ2n) is 11.5. The quantitative estimate of drug-likeness (QED) is 0.214. The van der Waals surface area contributed by atoms with Crippen molar-refractivity contribution in [1.29, 1.82) is 0 Å². The maximum absolute atomic E-state index is 6.32. The number of hydrogen-bond donors (Lipinski definition) is 0. The zero-order valence-corrected chi connectivity index (χ0v) is 27.6. The molecule has 1 aliphatic heterocycles. The van der Waals surface area contributed by atoms with Crippen LogP contribution in [0, 0.1) is 5.92 Å². The minimum atomic E-state index is 0.0813. The van der Waals surface area contributed by atoms with Gasteiger partial charge in [-0.25, -0.2) is 0 Å². The van der Waals surface area contributed by atoms with Crippen molar-refractivity contribution in [3.8, 4) is 0 Å². The van der Waals surface area contributed by atoms with Crippen LogP contribution in [-0.4, -0.2) is 6.21 Å². The lowest BCUT2D eigenvalue weighted by Gasteiger charge is -2.05. The number of fused-ring (bicyclic) bond motifs is 3. The van der Waals surface area contributed by atoms with Crippen LogP contribution in [0.4, 0.5) is 0 Å². The van der Waals surface area contributed by atoms with Crippen LogP contribution in [0.25, 0.3) is 27.5 Å². The average molecular weight is 564 g/mol. The molecule has 3 aromatic carbocycles. The van der Waals surface area contributed by atoms with E-state index >= 15 is 0 Å². The first kappa shape index (κ1) is 34.6. The molecule has 0 aliphatic carbocycles. The molecule has 0 spiro atoms. The van der Waals surface area contributed by atoms with Gasteiger partial charge < -0.3 is 4.42 Å². The van der Waals surface area contributed by atoms with Gasteiger partial charge >= 0.3 is 0 Å². The van der Waals surface area contributed by atoms with Gasteiger partial charge in [-0.2, -0.15) is 0 Å². The van der Waals surface area contributed by atoms with E-state index in [0.717, 1.165) is 23.2 Å². The number of allylic oxidation sites excluding steroid dienone is 5. The first-order valence-corrected chi connectivity index (χ1v) is 15.8. The van der Waals surface area contributed by atoms with Gasteiger partial charge in [-0.15, -0.1) is 0 Å². The summed E-state index contributed by atoms with van der Waals surface area (Å²) in [7, 11) is 0. The van der Waals surface area contributed by atoms with E-state index in [2.05, 4.69) is 146 Å². The SMILES string of the molecule is CC(C)=C/C=C(\C)c1ccccc1.CC(C)Cc1cccc2c1oc1c(C3C=CC=N3)cccc12.CCC.CCCC. The molecule has 5 rings (SSSR count). The van der Waals surface area contributed by atoms with E-state index in [0.29, 0.717) is 5.92 Å². The molecule has 0 N–H and O–H groups in total. The molecule has 0 amide bonds. The predicted molar refractivity (Wildman–Crippen MR) is 189 cm³/mol. The van der Waals surface area contributed by atoms with Crippen molar-refractivity contribution >= 4 is 33.7 Å². The molecule has 0 radical (unpaired) electrons. The monoisotopic (exact) mass is 563 g/mol. The topological polar surface area (TPSA) is 25.5 Å². The third-order valence-electron chi connectivity index (χ3n) is 6.61. The molecule has 2 heterocycles. The zero-order valence-electron chi connectivity index (χ0n) is 27.6. The number of para-hydroxylation sites is 2. The van der Waals surface area contributed by atoms with Crippen LogP contribution in [0.2, 0.25) is 0 Å². The maximum Gasteiger partial charge on any atom is 0.141 e. The fourth-order valence-corrected chi connectivity index (χ4v) is 4.35. The van der Waals surface area contributed by atoms with Gasteiger partial charge in [0.05, 0.1) is 6.04 Å². The summed E-state index contributed by atoms with van der Waals surface area (Å²) in [5.41, 5.74) is 8.37. The van der Waals surface area contributed by atoms with Crippen molar-refractivity contribution in [2.75, 3.05) is 0 Å². The smallest absolute Gasteiger partial charge is 0.141 e. The second-order valence-corrected chi connectivity index (χ2v) is 11.5. The van der Waals surface area contributed by atoms with Gasteiger partial charge in [-0.05, 0) is 55.9 Å². The number of unbranched alkanes of at least 4 members (excludes halogenated alkanes) is 1. The van der Waals surface area contributed by atoms with Crippen LogP contribution in [0.5, 0.6) is 0 Å². The van der Waals surface area contributed by atoms with E-state index in [1.54, 1.807) is 0 Å². The summed E-state index contributed by atoms with van der Waals surface area (Å²) >= 11 is 0. The molecular weight excluding hydrogens is 510 g/mol. The predicted octanol–water partition coefficient (Wildman–Crippen LogP) is 12.7. The number of benzene rings is 3. The third-order valence-corrected chi connectivity index (χ3v) is 6.61. The Morgan fingerprint density at radius 2 is 1.40 bits per heavy atom. The number of aliphatic imine (C=N–C) groups is 1. The summed E-state index contributed by atoms with van der Waals surface area (Å²) in [6.07, 6.45) is 15.2. The molecule has 2 heteroatoms. The number of nitrogens with zero attached hydrogens (tertiary/aromatic N) is 1. The van der Waals surface area contributed by atoms with E-state index < -0.39 is 0 Å². The molecule has 1 aromatic heterocycles. The lowest BCUT2D eigenvalue weighted by molar-refractivity contribution is 0.620. The molecule has 224 valence electrons. The molecule has 0 bridgehead atoms. The summed E-state index contributed by atoms with van der Waals surface area (Å²) in [5, 5.41) is 2.40. The van der Waals surface area contributed by atoms with Crippen molar-refractivity contribution in [3.05, 3.63) is 113 Å². The number of rotatable bonds is 6. The van der Waals surface area contributed by atoms with E-state index in [-0.39, 0.29) is 6.04 Å². The van der Waals surface area contributed by atoms with Gasteiger partial charge in [0.15, 0.2) is 0 Å². The molecule has 4 aromatic rings. The molecule has 0 saturated heterocycles. The fraction of sp³-hybridized carbons (Fsp3) is 0.375. The van der Waals surface area contributed by atoms with Crippen molar-refractivity contribution in [1.82, 2.24) is 0 Å². The fourth-order valence-electron chi connectivity index (χ4n) is 4.35. The molecule has 42 heavy (non-hydrogen) atoms. The molecule has 1 aliphatic rings. The third kappa shape index (κ3) is 10.6. The van der Waals surface area contributed by atoms with Crippen molar-refractivity contribution in [2.45, 2.75) is 94.0 Å². The summed E-state index contributed by atoms with van der Waals surface area (Å²) in [5.74, 6) is 0.612. The van der Waals surface area contributed by atoms with Gasteiger partial charge in [0, 0.05) is 22.6 Å². The molecule has 0 saturated carbocycles. The lowest BCUT2D eigenvalue weighted by Crippen LogP contribution is -1.93. The second kappa shape index (κ2) is 18.7. The Morgan fingerprint density at radius 3 is 1.95 bits per heavy atom. The van der Waals surface area contributed by atoms with Crippen LogP contribution in [0.15, 0.2) is 106 Å². The number of furan rings is 1. The molecular formula is C40H53NO. The molecule has 1 atom stereocenters. The molecule has 2 nitrogen and oxygen atoms in total. The van der Waals surface area contributed by atoms with E-state index in [1.807, 2.05) is 18.4 Å². The highest BCUT2D eigenvalue weighted by molar-refractivity contribution is 6.07. The Labute approximate surface area is 256 Å². The highest BCUT2D eigenvalue weighted by atomic mass is 16.3. The van der Waals surface area contributed by atoms with Gasteiger partial charge in [0.1, 0.15) is 11.2 Å². The van der Waals surface area contributed by atoms with Gasteiger partial charge in [-0.1, -0.05) is 151 Å². The Morgan fingerprint density at radius 1 is 0.786 bits per heavy atom. The van der Waals surface area contributed by atoms with Crippen molar-refractivity contribution in [2.24, 2.45) is 10.9 Å². The van der Waals surface area contributed by atoms with Crippen molar-refractivity contribution < 1.29 is 4.42 Å². The Bertz CT molecular complexity index is 1450. The maximum atomic E-state index is 6.32. The minimum absolute atomic E-state index is 0.0813. The van der Waals surface area contributed by atoms with Crippen LogP contribution >= 0.6 is 0 Å². The zero-order chi connectivity index (χ0) is 30.9. The first-order valence-electron chi connectivity index (χ1n) is 15.8. The van der Waals surface area contributed by atoms with E-state index in [9.17, 15) is 0 Å². The van der Waals surface area contributed by atoms with Crippen LogP contribution in [0.1, 0.15) is 104 Å². The Kier molecular flexibility index (Phi) is 15.4. The summed E-state index contributed by atoms with van der Waals surface area (Å²) in [6.45, 7) is 19.4. The van der Waals surface area contributed by atoms with Crippen molar-refractivity contribution in [3.63, 3.8) is 0 Å². The summed E-state index contributed by atoms with van der Waals surface area (Å²) in [4.78, 5) is 4.50. The van der Waals surface area contributed by atoms with Gasteiger partial charge in [0.25, 0.3) is 0 Å². The number of hydrogen-bond acceptors (Lipinski definition) is 2. The van der Waals surface area contributed by atoms with Crippen LogP contribution < -0.4 is 0 Å². The summed E-state index contributed by atoms with van der Waals surface area (Å²) in [6, 6.07) is 23.3.